The lowest BCUT2D eigenvalue weighted by molar-refractivity contribution is 0.270. The number of aliphatic hydroxyl groups excluding tert-OH is 1. The molecule has 5 heteroatoms. The molecule has 1 unspecified atom stereocenters. The Morgan fingerprint density at radius 1 is 1.62 bits per heavy atom. The summed E-state index contributed by atoms with van der Waals surface area (Å²) in [5.41, 5.74) is 7.41. The van der Waals surface area contributed by atoms with Crippen LogP contribution in [0.25, 0.3) is 0 Å². The van der Waals surface area contributed by atoms with Gasteiger partial charge in [-0.25, -0.2) is 0 Å². The highest BCUT2D eigenvalue weighted by Crippen LogP contribution is 2.24. The zero-order chi connectivity index (χ0) is 12.3. The Balaban J connectivity index is 3.01. The molecule has 0 aliphatic carbocycles. The van der Waals surface area contributed by atoms with E-state index < -0.39 is 0 Å². The van der Waals surface area contributed by atoms with Crippen molar-refractivity contribution in [3.8, 4) is 0 Å². The predicted molar refractivity (Wildman–Crippen MR) is 75.0 cm³/mol. The van der Waals surface area contributed by atoms with Crippen molar-refractivity contribution in [2.24, 2.45) is 5.73 Å². The van der Waals surface area contributed by atoms with Crippen LogP contribution in [-0.4, -0.2) is 29.8 Å². The van der Waals surface area contributed by atoms with E-state index in [9.17, 15) is 0 Å². The molecule has 16 heavy (non-hydrogen) atoms. The molecule has 1 aromatic carbocycles. The van der Waals surface area contributed by atoms with E-state index in [-0.39, 0.29) is 12.6 Å². The summed E-state index contributed by atoms with van der Waals surface area (Å²) in [6.07, 6.45) is 0. The van der Waals surface area contributed by atoms with Crippen LogP contribution in [-0.2, 0) is 0 Å². The number of halogens is 1. The summed E-state index contributed by atoms with van der Waals surface area (Å²) in [5, 5.41) is 9.08. The second-order valence-corrected chi connectivity index (χ2v) is 4.97. The van der Waals surface area contributed by atoms with E-state index in [0.29, 0.717) is 4.99 Å². The zero-order valence-electron chi connectivity index (χ0n) is 9.27. The van der Waals surface area contributed by atoms with Crippen LogP contribution in [0.3, 0.4) is 0 Å². The largest absolute Gasteiger partial charge is 0.394 e. The van der Waals surface area contributed by atoms with Crippen molar-refractivity contribution in [2.45, 2.75) is 13.0 Å². The van der Waals surface area contributed by atoms with Gasteiger partial charge in [0.1, 0.15) is 4.99 Å². The first-order chi connectivity index (χ1) is 7.47. The van der Waals surface area contributed by atoms with E-state index in [2.05, 4.69) is 15.9 Å². The van der Waals surface area contributed by atoms with E-state index in [0.717, 1.165) is 15.7 Å². The number of thiocarbonyl (C=S) groups is 1. The molecule has 3 nitrogen and oxygen atoms in total. The molecule has 0 bridgehead atoms. The van der Waals surface area contributed by atoms with Gasteiger partial charge in [-0.15, -0.1) is 0 Å². The molecular weight excluding hydrogens is 288 g/mol. The Labute approximate surface area is 109 Å². The number of benzene rings is 1. The quantitative estimate of drug-likeness (QED) is 0.834. The SMILES string of the molecule is CC(CO)N(C)c1ccc(C(N)=S)c(Br)c1. The lowest BCUT2D eigenvalue weighted by Gasteiger charge is -2.25. The molecule has 0 fully saturated rings. The maximum absolute atomic E-state index is 9.08. The second-order valence-electron chi connectivity index (χ2n) is 3.67. The number of anilines is 1. The van der Waals surface area contributed by atoms with Crippen molar-refractivity contribution in [1.82, 2.24) is 0 Å². The van der Waals surface area contributed by atoms with Crippen molar-refractivity contribution in [3.05, 3.63) is 28.2 Å². The van der Waals surface area contributed by atoms with Gasteiger partial charge < -0.3 is 15.7 Å². The molecule has 0 aromatic heterocycles. The van der Waals surface area contributed by atoms with Crippen LogP contribution in [0, 0.1) is 0 Å². The third-order valence-corrected chi connectivity index (χ3v) is 3.43. The van der Waals surface area contributed by atoms with Gasteiger partial charge in [-0.3, -0.25) is 0 Å². The fourth-order valence-corrected chi connectivity index (χ4v) is 2.19. The topological polar surface area (TPSA) is 49.5 Å². The van der Waals surface area contributed by atoms with Crippen molar-refractivity contribution in [3.63, 3.8) is 0 Å². The van der Waals surface area contributed by atoms with Crippen LogP contribution < -0.4 is 10.6 Å². The lowest BCUT2D eigenvalue weighted by Crippen LogP contribution is -2.31. The Hall–Kier alpha value is -0.650. The molecule has 88 valence electrons. The molecule has 0 spiro atoms. The van der Waals surface area contributed by atoms with Gasteiger partial charge in [0.05, 0.1) is 6.61 Å². The fourth-order valence-electron chi connectivity index (χ4n) is 1.30. The van der Waals surface area contributed by atoms with Crippen molar-refractivity contribution in [1.29, 1.82) is 0 Å². The van der Waals surface area contributed by atoms with E-state index in [1.54, 1.807) is 0 Å². The van der Waals surface area contributed by atoms with Crippen LogP contribution >= 0.6 is 28.1 Å². The summed E-state index contributed by atoms with van der Waals surface area (Å²) in [6.45, 7) is 2.07. The third-order valence-electron chi connectivity index (χ3n) is 2.55. The third kappa shape index (κ3) is 2.93. The highest BCUT2D eigenvalue weighted by molar-refractivity contribution is 9.10. The second kappa shape index (κ2) is 5.61. The normalized spacial score (nSPS) is 12.2. The summed E-state index contributed by atoms with van der Waals surface area (Å²) in [6, 6.07) is 5.83. The van der Waals surface area contributed by atoms with Gasteiger partial charge in [-0.1, -0.05) is 12.2 Å². The monoisotopic (exact) mass is 302 g/mol. The smallest absolute Gasteiger partial charge is 0.105 e. The molecule has 1 rings (SSSR count). The van der Waals surface area contributed by atoms with Crippen LogP contribution in [0.1, 0.15) is 12.5 Å². The van der Waals surface area contributed by atoms with Gasteiger partial charge in [0.2, 0.25) is 0 Å². The average Bonchev–Trinajstić information content (AvgIpc) is 2.26. The first-order valence-corrected chi connectivity index (χ1v) is 6.10. The van der Waals surface area contributed by atoms with Crippen LogP contribution in [0.5, 0.6) is 0 Å². The molecule has 1 aromatic rings. The minimum absolute atomic E-state index is 0.0718. The molecule has 0 radical (unpaired) electrons. The minimum atomic E-state index is 0.0718. The van der Waals surface area contributed by atoms with Crippen molar-refractivity contribution < 1.29 is 5.11 Å². The molecule has 0 aliphatic rings. The van der Waals surface area contributed by atoms with Crippen molar-refractivity contribution >= 4 is 38.8 Å². The van der Waals surface area contributed by atoms with Crippen molar-refractivity contribution in [2.75, 3.05) is 18.6 Å². The first kappa shape index (κ1) is 13.4. The lowest BCUT2D eigenvalue weighted by atomic mass is 10.2. The standard InChI is InChI=1S/C11H15BrN2OS/c1-7(6-15)14(2)8-3-4-9(11(13)16)10(12)5-8/h3-5,7,15H,6H2,1-2H3,(H2,13,16). The van der Waals surface area contributed by atoms with E-state index >= 15 is 0 Å². The minimum Gasteiger partial charge on any atom is -0.394 e. The maximum atomic E-state index is 9.08. The molecule has 0 amide bonds. The maximum Gasteiger partial charge on any atom is 0.105 e. The Bertz CT molecular complexity index is 398. The number of hydrogen-bond acceptors (Lipinski definition) is 3. The van der Waals surface area contributed by atoms with E-state index in [4.69, 9.17) is 23.1 Å². The van der Waals surface area contributed by atoms with Gasteiger partial charge in [0, 0.05) is 28.8 Å². The summed E-state index contributed by atoms with van der Waals surface area (Å²) in [7, 11) is 1.93. The van der Waals surface area contributed by atoms with Gasteiger partial charge >= 0.3 is 0 Å². The van der Waals surface area contributed by atoms with Gasteiger partial charge in [0.15, 0.2) is 0 Å². The summed E-state index contributed by atoms with van der Waals surface area (Å²) < 4.78 is 0.870. The van der Waals surface area contributed by atoms with E-state index in [1.165, 1.54) is 0 Å². The van der Waals surface area contributed by atoms with Gasteiger partial charge in [0.25, 0.3) is 0 Å². The van der Waals surface area contributed by atoms with Gasteiger partial charge in [-0.2, -0.15) is 0 Å². The highest BCUT2D eigenvalue weighted by atomic mass is 79.9. The summed E-state index contributed by atoms with van der Waals surface area (Å²) in [5.74, 6) is 0. The molecular formula is C11H15BrN2OS. The molecule has 0 aliphatic heterocycles. The fraction of sp³-hybridized carbons (Fsp3) is 0.364. The number of aliphatic hydroxyl groups is 1. The molecule has 1 atom stereocenters. The summed E-state index contributed by atoms with van der Waals surface area (Å²) in [4.78, 5) is 2.37. The zero-order valence-corrected chi connectivity index (χ0v) is 11.7. The predicted octanol–water partition coefficient (Wildman–Crippen LogP) is 1.90. The summed E-state index contributed by atoms with van der Waals surface area (Å²) >= 11 is 8.36. The Morgan fingerprint density at radius 2 is 2.25 bits per heavy atom. The molecule has 0 saturated heterocycles. The van der Waals surface area contributed by atoms with E-state index in [1.807, 2.05) is 37.1 Å². The number of rotatable bonds is 4. The van der Waals surface area contributed by atoms with Crippen LogP contribution in [0.2, 0.25) is 0 Å². The van der Waals surface area contributed by atoms with Crippen LogP contribution in [0.4, 0.5) is 5.69 Å². The number of nitrogens with zero attached hydrogens (tertiary/aromatic N) is 1. The number of nitrogens with two attached hydrogens (primary N) is 1. The molecule has 0 saturated carbocycles. The molecule has 0 heterocycles. The first-order valence-electron chi connectivity index (χ1n) is 4.90. The Morgan fingerprint density at radius 3 is 2.69 bits per heavy atom. The molecule has 3 N–H and O–H groups in total. The number of likely N-dealkylation sites (N-methyl/N-ethyl adjacent to an activating group) is 1. The van der Waals surface area contributed by atoms with Crippen LogP contribution in [0.15, 0.2) is 22.7 Å². The average molecular weight is 303 g/mol. The number of hydrogen-bond donors (Lipinski definition) is 2. The van der Waals surface area contributed by atoms with Gasteiger partial charge in [-0.05, 0) is 41.1 Å². The Kier molecular flexibility index (Phi) is 4.70. The highest BCUT2D eigenvalue weighted by Gasteiger charge is 2.11.